The zero-order valence-corrected chi connectivity index (χ0v) is 7.65. The van der Waals surface area contributed by atoms with Gasteiger partial charge in [0, 0.05) is 11.3 Å². The van der Waals surface area contributed by atoms with Crippen LogP contribution in [0.15, 0.2) is 0 Å². The summed E-state index contributed by atoms with van der Waals surface area (Å²) in [5.74, 6) is -2.20. The summed E-state index contributed by atoms with van der Waals surface area (Å²) in [5, 5.41) is 3.16. The largest absolute Gasteiger partial charge is 0.317 e. The lowest BCUT2D eigenvalue weighted by molar-refractivity contribution is 0.0451. The van der Waals surface area contributed by atoms with Crippen molar-refractivity contribution in [3.63, 3.8) is 0 Å². The first-order valence-corrected chi connectivity index (χ1v) is 5.27. The fraction of sp³-hybridized carbons (Fsp3) is 1.00. The highest BCUT2D eigenvalue weighted by atomic mass is 19.3. The van der Waals surface area contributed by atoms with Gasteiger partial charge in [0.2, 0.25) is 0 Å². The average Bonchev–Trinajstić information content (AvgIpc) is 2.96. The van der Waals surface area contributed by atoms with E-state index >= 15 is 0 Å². The number of nitrogens with one attached hydrogen (secondary N) is 1. The van der Waals surface area contributed by atoms with Gasteiger partial charge in [0.05, 0.1) is 0 Å². The fourth-order valence-electron chi connectivity index (χ4n) is 3.23. The Morgan fingerprint density at radius 1 is 1.08 bits per heavy atom. The summed E-state index contributed by atoms with van der Waals surface area (Å²) in [6.07, 6.45) is 3.49. The summed E-state index contributed by atoms with van der Waals surface area (Å²) < 4.78 is 27.2. The maximum atomic E-state index is 13.6. The molecule has 3 fully saturated rings. The van der Waals surface area contributed by atoms with E-state index in [1.807, 2.05) is 0 Å². The molecule has 1 saturated heterocycles. The molecule has 1 atom stereocenters. The van der Waals surface area contributed by atoms with Crippen LogP contribution in [0.2, 0.25) is 0 Å². The first kappa shape index (κ1) is 8.16. The normalized spacial score (nSPS) is 40.6. The van der Waals surface area contributed by atoms with Gasteiger partial charge in [-0.25, -0.2) is 8.78 Å². The molecule has 1 N–H and O–H groups in total. The molecule has 2 saturated carbocycles. The van der Waals surface area contributed by atoms with Crippen LogP contribution in [0.25, 0.3) is 0 Å². The van der Waals surface area contributed by atoms with Crippen molar-refractivity contribution in [3.05, 3.63) is 0 Å². The average molecular weight is 187 g/mol. The minimum Gasteiger partial charge on any atom is -0.317 e. The molecule has 0 aromatic heterocycles. The smallest absolute Gasteiger partial charge is 0.258 e. The van der Waals surface area contributed by atoms with E-state index in [1.54, 1.807) is 0 Å². The predicted molar refractivity (Wildman–Crippen MR) is 45.7 cm³/mol. The Bertz CT molecular complexity index is 229. The predicted octanol–water partition coefficient (Wildman–Crippen LogP) is 2.03. The minimum absolute atomic E-state index is 0.248. The van der Waals surface area contributed by atoms with E-state index in [-0.39, 0.29) is 5.92 Å². The molecule has 2 aliphatic carbocycles. The molecule has 0 aromatic rings. The molecule has 3 aliphatic rings. The van der Waals surface area contributed by atoms with Crippen molar-refractivity contribution in [3.8, 4) is 0 Å². The van der Waals surface area contributed by atoms with Crippen LogP contribution in [0.5, 0.6) is 0 Å². The molecular weight excluding hydrogens is 172 g/mol. The minimum atomic E-state index is -2.32. The molecule has 0 radical (unpaired) electrons. The van der Waals surface area contributed by atoms with Gasteiger partial charge in [-0.05, 0) is 44.7 Å². The number of hydrogen-bond acceptors (Lipinski definition) is 1. The van der Waals surface area contributed by atoms with Crippen LogP contribution in [0.1, 0.15) is 25.7 Å². The first-order chi connectivity index (χ1) is 6.18. The van der Waals surface area contributed by atoms with Gasteiger partial charge in [0.1, 0.15) is 0 Å². The van der Waals surface area contributed by atoms with Crippen LogP contribution in [-0.2, 0) is 0 Å². The molecule has 1 spiro atoms. The molecule has 0 unspecified atom stereocenters. The summed E-state index contributed by atoms with van der Waals surface area (Å²) in [6.45, 7) is 1.58. The van der Waals surface area contributed by atoms with Crippen LogP contribution in [0, 0.1) is 17.3 Å². The van der Waals surface area contributed by atoms with Crippen molar-refractivity contribution >= 4 is 0 Å². The first-order valence-electron chi connectivity index (χ1n) is 5.27. The van der Waals surface area contributed by atoms with Gasteiger partial charge in [0.15, 0.2) is 0 Å². The van der Waals surface area contributed by atoms with Gasteiger partial charge in [-0.15, -0.1) is 0 Å². The molecule has 74 valence electrons. The summed E-state index contributed by atoms with van der Waals surface area (Å²) in [6, 6.07) is 0. The van der Waals surface area contributed by atoms with Crippen molar-refractivity contribution in [1.82, 2.24) is 5.32 Å². The van der Waals surface area contributed by atoms with Crippen LogP contribution >= 0.6 is 0 Å². The highest BCUT2D eigenvalue weighted by Crippen LogP contribution is 2.76. The van der Waals surface area contributed by atoms with Crippen molar-refractivity contribution in [2.45, 2.75) is 31.6 Å². The maximum absolute atomic E-state index is 13.6. The molecule has 1 aliphatic heterocycles. The van der Waals surface area contributed by atoms with Crippen molar-refractivity contribution in [2.75, 3.05) is 13.1 Å². The van der Waals surface area contributed by atoms with Crippen molar-refractivity contribution in [1.29, 1.82) is 0 Å². The van der Waals surface area contributed by atoms with Gasteiger partial charge >= 0.3 is 0 Å². The van der Waals surface area contributed by atoms with Gasteiger partial charge in [-0.2, -0.15) is 0 Å². The molecular formula is C10H15F2N. The summed E-state index contributed by atoms with van der Waals surface area (Å²) >= 11 is 0. The lowest BCUT2D eigenvalue weighted by Crippen LogP contribution is -2.32. The van der Waals surface area contributed by atoms with Crippen LogP contribution in [0.3, 0.4) is 0 Å². The topological polar surface area (TPSA) is 12.0 Å². The summed E-state index contributed by atoms with van der Waals surface area (Å²) in [7, 11) is 0. The van der Waals surface area contributed by atoms with Crippen LogP contribution in [-0.4, -0.2) is 19.0 Å². The quantitative estimate of drug-likeness (QED) is 0.662. The van der Waals surface area contributed by atoms with Crippen LogP contribution in [0.4, 0.5) is 8.78 Å². The number of halogens is 2. The lowest BCUT2D eigenvalue weighted by Gasteiger charge is -2.22. The molecule has 1 heterocycles. The molecule has 1 nitrogen and oxygen atoms in total. The highest BCUT2D eigenvalue weighted by molar-refractivity contribution is 5.22. The third-order valence-electron chi connectivity index (χ3n) is 4.16. The molecule has 3 rings (SSSR count). The SMILES string of the molecule is FC1(F)[C@@H](C2CC2)C12CCNCC2. The Labute approximate surface area is 76.9 Å². The van der Waals surface area contributed by atoms with Gasteiger partial charge in [-0.3, -0.25) is 0 Å². The number of alkyl halides is 2. The number of piperidine rings is 1. The molecule has 13 heavy (non-hydrogen) atoms. The standard InChI is InChI=1S/C10H15F2N/c11-10(12)8(7-1-2-7)9(10)3-5-13-6-4-9/h7-8,13H,1-6H2/t8-/m0/s1. The van der Waals surface area contributed by atoms with Gasteiger partial charge in [-0.1, -0.05) is 0 Å². The van der Waals surface area contributed by atoms with E-state index in [4.69, 9.17) is 0 Å². The monoisotopic (exact) mass is 187 g/mol. The summed E-state index contributed by atoms with van der Waals surface area (Å²) in [5.41, 5.74) is -0.570. The van der Waals surface area contributed by atoms with Crippen LogP contribution < -0.4 is 5.32 Å². The van der Waals surface area contributed by atoms with E-state index in [1.165, 1.54) is 0 Å². The van der Waals surface area contributed by atoms with E-state index in [0.717, 1.165) is 25.9 Å². The number of hydrogen-bond donors (Lipinski definition) is 1. The fourth-order valence-corrected chi connectivity index (χ4v) is 3.23. The summed E-state index contributed by atoms with van der Waals surface area (Å²) in [4.78, 5) is 0. The van der Waals surface area contributed by atoms with E-state index in [2.05, 4.69) is 5.32 Å². The zero-order valence-electron chi connectivity index (χ0n) is 7.65. The molecule has 0 amide bonds. The van der Waals surface area contributed by atoms with Crippen molar-refractivity contribution < 1.29 is 8.78 Å². The van der Waals surface area contributed by atoms with Crippen molar-refractivity contribution in [2.24, 2.45) is 17.3 Å². The second kappa shape index (κ2) is 2.25. The van der Waals surface area contributed by atoms with E-state index in [9.17, 15) is 8.78 Å². The van der Waals surface area contributed by atoms with E-state index < -0.39 is 11.3 Å². The Balaban J connectivity index is 1.82. The molecule has 3 heteroatoms. The highest BCUT2D eigenvalue weighted by Gasteiger charge is 2.82. The van der Waals surface area contributed by atoms with E-state index in [0.29, 0.717) is 18.8 Å². The Hall–Kier alpha value is -0.180. The maximum Gasteiger partial charge on any atom is 0.258 e. The molecule has 0 bridgehead atoms. The second-order valence-electron chi connectivity index (χ2n) is 4.84. The Morgan fingerprint density at radius 3 is 2.23 bits per heavy atom. The number of rotatable bonds is 1. The molecule has 0 aromatic carbocycles. The zero-order chi connectivity index (χ0) is 9.10. The Kier molecular flexibility index (Phi) is 1.41. The van der Waals surface area contributed by atoms with Gasteiger partial charge in [0.25, 0.3) is 5.92 Å². The third kappa shape index (κ3) is 0.888. The third-order valence-corrected chi connectivity index (χ3v) is 4.16. The Morgan fingerprint density at radius 2 is 1.69 bits per heavy atom. The van der Waals surface area contributed by atoms with Gasteiger partial charge < -0.3 is 5.32 Å². The lowest BCUT2D eigenvalue weighted by atomic mass is 9.90. The second-order valence-corrected chi connectivity index (χ2v) is 4.84.